The first-order valence-corrected chi connectivity index (χ1v) is 12.7. The number of methoxy groups -OCH3 is 2. The summed E-state index contributed by atoms with van der Waals surface area (Å²) in [6.07, 6.45) is 1.41. The molecular weight excluding hydrogens is 472 g/mol. The van der Waals surface area contributed by atoms with E-state index in [2.05, 4.69) is 28.7 Å². The van der Waals surface area contributed by atoms with Crippen molar-refractivity contribution < 1.29 is 19.1 Å². The van der Waals surface area contributed by atoms with Crippen molar-refractivity contribution in [2.45, 2.75) is 59.2 Å². The molecule has 0 radical (unpaired) electrons. The van der Waals surface area contributed by atoms with Crippen LogP contribution in [0.5, 0.6) is 5.75 Å². The monoisotopic (exact) mass is 508 g/mol. The van der Waals surface area contributed by atoms with Crippen LogP contribution in [0, 0.1) is 19.8 Å². The molecule has 0 saturated carbocycles. The molecule has 0 aliphatic carbocycles. The number of benzene rings is 1. The zero-order valence-electron chi connectivity index (χ0n) is 22.4. The van der Waals surface area contributed by atoms with Crippen molar-refractivity contribution in [3.63, 3.8) is 0 Å². The van der Waals surface area contributed by atoms with Crippen molar-refractivity contribution in [1.29, 1.82) is 0 Å². The molecule has 1 fully saturated rings. The number of aromatic nitrogens is 2. The Hall–Kier alpha value is -3.75. The number of H-pyrrole nitrogens is 1. The molecule has 0 spiro atoms. The lowest BCUT2D eigenvalue weighted by Gasteiger charge is -2.39. The Morgan fingerprint density at radius 3 is 2.62 bits per heavy atom. The standard InChI is InChI=1S/C28H36N4O5/c1-16-13-24(36-5)22(26(33)30-16)15-29-27(34)25-19(4)32(23-10-8-7-9-21(23)25)18(3)20-11-12-31(17(2)14-20)28(35)37-6/h7-10,13,17-18,20H,11-12,14-15H2,1-6H3,(H,29,34)(H,30,33). The Morgan fingerprint density at radius 2 is 1.95 bits per heavy atom. The number of pyridine rings is 1. The van der Waals surface area contributed by atoms with E-state index in [-0.39, 0.29) is 36.2 Å². The lowest BCUT2D eigenvalue weighted by Crippen LogP contribution is -2.45. The van der Waals surface area contributed by atoms with Gasteiger partial charge < -0.3 is 29.2 Å². The van der Waals surface area contributed by atoms with Crippen LogP contribution in [0.1, 0.15) is 60.0 Å². The van der Waals surface area contributed by atoms with Gasteiger partial charge >= 0.3 is 6.09 Å². The van der Waals surface area contributed by atoms with Crippen molar-refractivity contribution in [3.05, 3.63) is 63.2 Å². The highest BCUT2D eigenvalue weighted by atomic mass is 16.5. The molecule has 3 aromatic rings. The number of piperidine rings is 1. The molecular formula is C28H36N4O5. The Labute approximate surface area is 216 Å². The van der Waals surface area contributed by atoms with Crippen LogP contribution in [0.2, 0.25) is 0 Å². The van der Waals surface area contributed by atoms with E-state index >= 15 is 0 Å². The number of likely N-dealkylation sites (tertiary alicyclic amines) is 1. The number of aryl methyl sites for hydroxylation is 1. The van der Waals surface area contributed by atoms with E-state index in [0.29, 0.717) is 35.0 Å². The van der Waals surface area contributed by atoms with E-state index in [1.165, 1.54) is 14.2 Å². The molecule has 3 unspecified atom stereocenters. The van der Waals surface area contributed by atoms with Crippen LogP contribution in [0.3, 0.4) is 0 Å². The fourth-order valence-electron chi connectivity index (χ4n) is 5.74. The second-order valence-corrected chi connectivity index (χ2v) is 9.90. The summed E-state index contributed by atoms with van der Waals surface area (Å²) >= 11 is 0. The van der Waals surface area contributed by atoms with Crippen molar-refractivity contribution in [1.82, 2.24) is 19.8 Å². The molecule has 1 aromatic carbocycles. The lowest BCUT2D eigenvalue weighted by atomic mass is 9.86. The molecule has 37 heavy (non-hydrogen) atoms. The minimum atomic E-state index is -0.288. The van der Waals surface area contributed by atoms with Crippen LogP contribution in [0.25, 0.3) is 10.9 Å². The Morgan fingerprint density at radius 1 is 1.22 bits per heavy atom. The molecule has 9 heteroatoms. The predicted molar refractivity (Wildman–Crippen MR) is 142 cm³/mol. The first-order valence-electron chi connectivity index (χ1n) is 12.7. The average Bonchev–Trinajstić information content (AvgIpc) is 3.18. The number of ether oxygens (including phenoxy) is 2. The molecule has 1 aliphatic rings. The highest BCUT2D eigenvalue weighted by Gasteiger charge is 2.34. The number of hydrogen-bond donors (Lipinski definition) is 2. The zero-order chi connectivity index (χ0) is 26.9. The van der Waals surface area contributed by atoms with Gasteiger partial charge in [-0.05, 0) is 58.6 Å². The molecule has 3 atom stereocenters. The van der Waals surface area contributed by atoms with E-state index < -0.39 is 0 Å². The van der Waals surface area contributed by atoms with Crippen molar-refractivity contribution in [2.24, 2.45) is 5.92 Å². The number of nitrogens with zero attached hydrogens (tertiary/aromatic N) is 2. The SMILES string of the molecule is COC(=O)N1CCC(C(C)n2c(C)c(C(=O)NCc3c(OC)cc(C)[nH]c3=O)c3ccccc32)CC1C. The zero-order valence-corrected chi connectivity index (χ0v) is 22.4. The predicted octanol–water partition coefficient (Wildman–Crippen LogP) is 4.31. The summed E-state index contributed by atoms with van der Waals surface area (Å²) in [5, 5.41) is 3.81. The number of rotatable bonds is 6. The minimum absolute atomic E-state index is 0.0512. The van der Waals surface area contributed by atoms with Gasteiger partial charge in [-0.15, -0.1) is 0 Å². The Bertz CT molecular complexity index is 1370. The smallest absolute Gasteiger partial charge is 0.409 e. The van der Waals surface area contributed by atoms with E-state index in [9.17, 15) is 14.4 Å². The number of amides is 2. The van der Waals surface area contributed by atoms with Gasteiger partial charge in [-0.1, -0.05) is 18.2 Å². The highest BCUT2D eigenvalue weighted by Crippen LogP contribution is 2.37. The van der Waals surface area contributed by atoms with Crippen molar-refractivity contribution in [3.8, 4) is 5.75 Å². The summed E-state index contributed by atoms with van der Waals surface area (Å²) in [4.78, 5) is 42.7. The number of carbonyl (C=O) groups excluding carboxylic acids is 2. The van der Waals surface area contributed by atoms with Gasteiger partial charge in [0.15, 0.2) is 0 Å². The molecule has 1 aliphatic heterocycles. The van der Waals surface area contributed by atoms with Gasteiger partial charge in [-0.2, -0.15) is 0 Å². The van der Waals surface area contributed by atoms with Crippen molar-refractivity contribution in [2.75, 3.05) is 20.8 Å². The second kappa shape index (κ2) is 10.7. The Balaban J connectivity index is 1.62. The summed E-state index contributed by atoms with van der Waals surface area (Å²) in [5.74, 6) is 0.536. The molecule has 2 aromatic heterocycles. The van der Waals surface area contributed by atoms with Gasteiger partial charge in [0.25, 0.3) is 11.5 Å². The highest BCUT2D eigenvalue weighted by molar-refractivity contribution is 6.08. The van der Waals surface area contributed by atoms with Gasteiger partial charge in [0, 0.05) is 40.9 Å². The van der Waals surface area contributed by atoms with Crippen LogP contribution in [-0.4, -0.2) is 53.3 Å². The molecule has 9 nitrogen and oxygen atoms in total. The summed E-state index contributed by atoms with van der Waals surface area (Å²) in [6.45, 7) is 8.68. The molecule has 4 rings (SSSR count). The van der Waals surface area contributed by atoms with Crippen LogP contribution < -0.4 is 15.6 Å². The number of carbonyl (C=O) groups is 2. The third kappa shape index (κ3) is 4.95. The summed E-state index contributed by atoms with van der Waals surface area (Å²) < 4.78 is 12.6. The van der Waals surface area contributed by atoms with Gasteiger partial charge in [-0.3, -0.25) is 9.59 Å². The van der Waals surface area contributed by atoms with Crippen molar-refractivity contribution >= 4 is 22.9 Å². The van der Waals surface area contributed by atoms with E-state index in [0.717, 1.165) is 29.4 Å². The first-order chi connectivity index (χ1) is 17.7. The normalized spacial score (nSPS) is 18.5. The number of para-hydroxylation sites is 1. The number of nitrogens with one attached hydrogen (secondary N) is 2. The van der Waals surface area contributed by atoms with E-state index in [4.69, 9.17) is 9.47 Å². The number of aromatic amines is 1. The third-order valence-electron chi connectivity index (χ3n) is 7.67. The maximum Gasteiger partial charge on any atom is 0.409 e. The maximum atomic E-state index is 13.5. The molecule has 2 N–H and O–H groups in total. The maximum absolute atomic E-state index is 13.5. The largest absolute Gasteiger partial charge is 0.496 e. The topological polar surface area (TPSA) is 106 Å². The minimum Gasteiger partial charge on any atom is -0.496 e. The summed E-state index contributed by atoms with van der Waals surface area (Å²) in [7, 11) is 2.92. The third-order valence-corrected chi connectivity index (χ3v) is 7.67. The average molecular weight is 509 g/mol. The molecule has 1 saturated heterocycles. The first kappa shape index (κ1) is 26.3. The van der Waals surface area contributed by atoms with Gasteiger partial charge in [-0.25, -0.2) is 4.79 Å². The van der Waals surface area contributed by atoms with Crippen LogP contribution in [-0.2, 0) is 11.3 Å². The van der Waals surface area contributed by atoms with Crippen LogP contribution in [0.4, 0.5) is 4.79 Å². The fourth-order valence-corrected chi connectivity index (χ4v) is 5.74. The van der Waals surface area contributed by atoms with Gasteiger partial charge in [0.1, 0.15) is 5.75 Å². The van der Waals surface area contributed by atoms with Crippen LogP contribution in [0.15, 0.2) is 35.1 Å². The summed E-state index contributed by atoms with van der Waals surface area (Å²) in [5.41, 5.74) is 3.26. The van der Waals surface area contributed by atoms with Crippen LogP contribution >= 0.6 is 0 Å². The van der Waals surface area contributed by atoms with Gasteiger partial charge in [0.2, 0.25) is 0 Å². The second-order valence-electron chi connectivity index (χ2n) is 9.90. The number of fused-ring (bicyclic) bond motifs is 1. The fraction of sp³-hybridized carbons (Fsp3) is 0.464. The Kier molecular flexibility index (Phi) is 7.61. The van der Waals surface area contributed by atoms with E-state index in [1.807, 2.05) is 31.2 Å². The number of hydrogen-bond acceptors (Lipinski definition) is 5. The van der Waals surface area contributed by atoms with E-state index in [1.54, 1.807) is 17.9 Å². The molecule has 3 heterocycles. The van der Waals surface area contributed by atoms with Gasteiger partial charge in [0.05, 0.1) is 31.9 Å². The molecule has 0 bridgehead atoms. The molecule has 2 amide bonds. The quantitative estimate of drug-likeness (QED) is 0.516. The lowest BCUT2D eigenvalue weighted by molar-refractivity contribution is 0.0722. The molecule has 198 valence electrons. The summed E-state index contributed by atoms with van der Waals surface area (Å²) in [6, 6.07) is 9.84.